The first-order chi connectivity index (χ1) is 35.5. The molecule has 2 aliphatic rings. The summed E-state index contributed by atoms with van der Waals surface area (Å²) in [6.07, 6.45) is 9.97. The number of cyclic esters (lactones) is 1. The molecule has 13 nitrogen and oxygen atoms in total. The molecule has 0 amide bonds. The average Bonchev–Trinajstić information content (AvgIpc) is 3.74. The maximum Gasteiger partial charge on any atom is 0.326 e. The van der Waals surface area contributed by atoms with Crippen molar-refractivity contribution in [3.8, 4) is 46.3 Å². The fourth-order valence-electron chi connectivity index (χ4n) is 8.68. The fraction of sp³-hybridized carbons (Fsp3) is 0.373. The summed E-state index contributed by atoms with van der Waals surface area (Å²) < 4.78 is 31.0. The molecule has 0 aliphatic carbocycles. The number of carbonyl (C=O) groups is 2. The van der Waals surface area contributed by atoms with Crippen LogP contribution < -0.4 is 34.9 Å². The second-order valence-electron chi connectivity index (χ2n) is 19.6. The smallest absolute Gasteiger partial charge is 0.326 e. The Bertz CT molecular complexity index is 3030. The summed E-state index contributed by atoms with van der Waals surface area (Å²) in [5, 5.41) is 29.7. The number of halogens is 2. The molecule has 0 radical (unpaired) electrons. The molecular weight excluding hydrogens is 976 g/mol. The minimum atomic E-state index is -0.841. The predicted molar refractivity (Wildman–Crippen MR) is 287 cm³/mol. The minimum absolute atomic E-state index is 0.0564. The van der Waals surface area contributed by atoms with Gasteiger partial charge in [-0.2, -0.15) is 10.5 Å². The summed E-state index contributed by atoms with van der Waals surface area (Å²) in [6.45, 7) is 16.0. The highest BCUT2D eigenvalue weighted by molar-refractivity contribution is 6.32. The van der Waals surface area contributed by atoms with Crippen LogP contribution in [-0.4, -0.2) is 47.6 Å². The van der Waals surface area contributed by atoms with Gasteiger partial charge in [-0.25, -0.2) is 0 Å². The van der Waals surface area contributed by atoms with Crippen molar-refractivity contribution in [2.75, 3.05) is 19.8 Å². The summed E-state index contributed by atoms with van der Waals surface area (Å²) in [7, 11) is 0. The Morgan fingerprint density at radius 3 is 2.03 bits per heavy atom. The third-order valence-electron chi connectivity index (χ3n) is 14.2. The van der Waals surface area contributed by atoms with Crippen LogP contribution in [0.1, 0.15) is 105 Å². The van der Waals surface area contributed by atoms with Gasteiger partial charge in [-0.1, -0.05) is 79.9 Å². The molecule has 74 heavy (non-hydrogen) atoms. The first-order valence-corrected chi connectivity index (χ1v) is 25.7. The Kier molecular flexibility index (Phi) is 18.5. The van der Waals surface area contributed by atoms with E-state index in [2.05, 4.69) is 72.9 Å². The molecule has 3 heterocycles. The normalized spacial score (nSPS) is 16.3. The largest absolute Gasteiger partial charge is 0.488 e. The van der Waals surface area contributed by atoms with E-state index in [1.807, 2.05) is 50.4 Å². The van der Waals surface area contributed by atoms with Crippen molar-refractivity contribution in [3.05, 3.63) is 157 Å². The van der Waals surface area contributed by atoms with Gasteiger partial charge < -0.3 is 34.3 Å². The summed E-state index contributed by atoms with van der Waals surface area (Å²) in [5.74, 6) is 2.13. The molecule has 5 aromatic rings. The topological polar surface area (TPSA) is 177 Å². The number of pyridine rings is 1. The number of Topliss-reactive ketones (excluding diaryl/α,β-unsaturated/α-hetero) is 1. The zero-order valence-corrected chi connectivity index (χ0v) is 44.7. The van der Waals surface area contributed by atoms with Gasteiger partial charge >= 0.3 is 5.97 Å². The number of ether oxygens (including phenoxy) is 5. The van der Waals surface area contributed by atoms with E-state index in [0.29, 0.717) is 82.6 Å². The van der Waals surface area contributed by atoms with Crippen LogP contribution in [-0.2, 0) is 47.2 Å². The molecule has 0 spiro atoms. The maximum atomic E-state index is 13.0. The number of dihydropyridines is 1. The molecule has 0 saturated carbocycles. The molecular formula is C59H64Cl2N6O7. The number of aromatic nitrogens is 1. The maximum absolute atomic E-state index is 13.0. The van der Waals surface area contributed by atoms with Gasteiger partial charge in [-0.15, -0.1) is 0 Å². The van der Waals surface area contributed by atoms with Gasteiger partial charge in [0, 0.05) is 84.6 Å². The van der Waals surface area contributed by atoms with Crippen LogP contribution in [0.5, 0.6) is 23.0 Å². The zero-order chi connectivity index (χ0) is 53.0. The Morgan fingerprint density at radius 1 is 0.851 bits per heavy atom. The van der Waals surface area contributed by atoms with Crippen LogP contribution in [0.25, 0.3) is 11.1 Å². The number of hydrogen-bond donors (Lipinski definition) is 3. The van der Waals surface area contributed by atoms with E-state index < -0.39 is 11.1 Å². The third kappa shape index (κ3) is 13.6. The van der Waals surface area contributed by atoms with Crippen molar-refractivity contribution < 1.29 is 33.3 Å². The van der Waals surface area contributed by atoms with Crippen LogP contribution in [0.4, 0.5) is 0 Å². The van der Waals surface area contributed by atoms with Gasteiger partial charge in [0.15, 0.2) is 0 Å². The second-order valence-corrected chi connectivity index (χ2v) is 20.4. The van der Waals surface area contributed by atoms with Crippen LogP contribution in [0.3, 0.4) is 0 Å². The van der Waals surface area contributed by atoms with Gasteiger partial charge in [0.2, 0.25) is 0 Å². The van der Waals surface area contributed by atoms with E-state index in [-0.39, 0.29) is 44.7 Å². The number of rotatable bonds is 24. The number of nitriles is 2. The lowest BCUT2D eigenvalue weighted by molar-refractivity contribution is -0.143. The summed E-state index contributed by atoms with van der Waals surface area (Å²) in [6, 6.07) is 25.5. The number of carbonyl (C=O) groups excluding carboxylic acids is 2. The molecule has 1 fully saturated rings. The molecule has 4 aromatic carbocycles. The fourth-order valence-corrected chi connectivity index (χ4v) is 9.17. The highest BCUT2D eigenvalue weighted by Crippen LogP contribution is 2.38. The van der Waals surface area contributed by atoms with Crippen molar-refractivity contribution in [1.82, 2.24) is 20.9 Å². The Labute approximate surface area is 444 Å². The number of benzene rings is 4. The quantitative estimate of drug-likeness (QED) is 0.0498. The number of nitrogens with zero attached hydrogens (tertiary/aromatic N) is 3. The molecule has 3 atom stereocenters. The standard InChI is InChI=1S/C59H64Cl2N6O7/c1-8-37(2)15-16-58(6,40(5)68)66-31-47-21-51(60)55(23-53(47)71-33-43-19-41(25-62)27-64-29-43)73-35-45-11-9-13-49(38(45)3)50-14-10-12-46(39(50)4)36-74-56-24-54(72-34-44-20-42(26-63)28-65-30-44)48(22-52(56)61)32-67-59(7)17-18-70-57(59)69/h9-14,19-24,27,29-30,37,65-67H,8,15-18,28,31-36H2,1-7H3. The lowest BCUT2D eigenvalue weighted by Crippen LogP contribution is -2.48. The summed E-state index contributed by atoms with van der Waals surface area (Å²) in [4.78, 5) is 29.7. The van der Waals surface area contributed by atoms with Gasteiger partial charge in [0.25, 0.3) is 0 Å². The first kappa shape index (κ1) is 54.9. The van der Waals surface area contributed by atoms with Gasteiger partial charge in [0.1, 0.15) is 66.8 Å². The van der Waals surface area contributed by atoms with Crippen LogP contribution in [0, 0.1) is 42.4 Å². The summed E-state index contributed by atoms with van der Waals surface area (Å²) >= 11 is 13.9. The SMILES string of the molecule is CCC(C)CCC(C)(NCc1cc(Cl)c(OCc2cccc(-c3cccc(COc4cc(OCC5=CNCC(C#N)=C5)c(CNC5(C)CCOC5=O)cc4Cl)c3C)c2C)cc1OCc1cncc(C#N)c1)C(C)=O. The van der Waals surface area contributed by atoms with Crippen molar-refractivity contribution in [3.63, 3.8) is 0 Å². The Balaban J connectivity index is 1.09. The molecule has 3 N–H and O–H groups in total. The van der Waals surface area contributed by atoms with E-state index >= 15 is 0 Å². The molecule has 1 saturated heterocycles. The second kappa shape index (κ2) is 24.9. The van der Waals surface area contributed by atoms with Crippen molar-refractivity contribution in [2.24, 2.45) is 5.92 Å². The highest BCUT2D eigenvalue weighted by atomic mass is 35.5. The van der Waals surface area contributed by atoms with Gasteiger partial charge in [-0.3, -0.25) is 19.9 Å². The molecule has 7 rings (SSSR count). The Morgan fingerprint density at radius 2 is 1.46 bits per heavy atom. The van der Waals surface area contributed by atoms with Crippen molar-refractivity contribution in [1.29, 1.82) is 10.5 Å². The number of ketones is 1. The van der Waals surface area contributed by atoms with Crippen LogP contribution >= 0.6 is 23.2 Å². The minimum Gasteiger partial charge on any atom is -0.488 e. The van der Waals surface area contributed by atoms with Gasteiger partial charge in [0.05, 0.1) is 33.8 Å². The van der Waals surface area contributed by atoms with E-state index in [1.54, 1.807) is 43.5 Å². The third-order valence-corrected chi connectivity index (χ3v) is 14.8. The zero-order valence-electron chi connectivity index (χ0n) is 43.2. The average molecular weight is 1040 g/mol. The van der Waals surface area contributed by atoms with Crippen molar-refractivity contribution >= 4 is 35.0 Å². The molecule has 386 valence electrons. The van der Waals surface area contributed by atoms with Crippen molar-refractivity contribution in [2.45, 2.75) is 118 Å². The molecule has 2 aliphatic heterocycles. The number of esters is 1. The monoisotopic (exact) mass is 1040 g/mol. The molecule has 1 aromatic heterocycles. The lowest BCUT2D eigenvalue weighted by atomic mass is 9.87. The van der Waals surface area contributed by atoms with Gasteiger partial charge in [-0.05, 0) is 111 Å². The van der Waals surface area contributed by atoms with Crippen LogP contribution in [0.15, 0.2) is 103 Å². The molecule has 0 bridgehead atoms. The lowest BCUT2D eigenvalue weighted by Gasteiger charge is -2.30. The number of hydrogen-bond acceptors (Lipinski definition) is 13. The van der Waals surface area contributed by atoms with Crippen LogP contribution in [0.2, 0.25) is 10.0 Å². The Hall–Kier alpha value is -6.87. The van der Waals surface area contributed by atoms with E-state index in [0.717, 1.165) is 68.5 Å². The summed E-state index contributed by atoms with van der Waals surface area (Å²) in [5.41, 5.74) is 8.48. The van der Waals surface area contributed by atoms with E-state index in [9.17, 15) is 20.1 Å². The predicted octanol–water partition coefficient (Wildman–Crippen LogP) is 11.7. The molecule has 3 unspecified atom stereocenters. The highest BCUT2D eigenvalue weighted by Gasteiger charge is 2.39. The van der Waals surface area contributed by atoms with E-state index in [4.69, 9.17) is 46.9 Å². The number of nitrogens with one attached hydrogen (secondary N) is 3. The molecule has 15 heteroatoms. The first-order valence-electron chi connectivity index (χ1n) is 24.9. The van der Waals surface area contributed by atoms with E-state index in [1.165, 1.54) is 6.20 Å².